The van der Waals surface area contributed by atoms with Gasteiger partial charge in [0.05, 0.1) is 0 Å². The molecule has 2 aromatic carbocycles. The highest BCUT2D eigenvalue weighted by atomic mass is 16.5. The van der Waals surface area contributed by atoms with Gasteiger partial charge >= 0.3 is 12.0 Å². The molecule has 2 aromatic rings. The summed E-state index contributed by atoms with van der Waals surface area (Å²) in [4.78, 5) is 100. The van der Waals surface area contributed by atoms with Crippen molar-refractivity contribution in [1.82, 2.24) is 30.7 Å². The summed E-state index contributed by atoms with van der Waals surface area (Å²) in [5.41, 5.74) is 1.21. The van der Waals surface area contributed by atoms with E-state index >= 15 is 0 Å². The molecule has 16 nitrogen and oxygen atoms in total. The molecule has 0 aromatic heterocycles. The van der Waals surface area contributed by atoms with Gasteiger partial charge in [-0.2, -0.15) is 0 Å². The standard InChI is InChI=1S/C38H49N7O9/c1-23-19-31-37(52)54-22-28(41-32(47)27(20-25-11-6-4-7-12-25)42-38(53)40-26-13-8-5-9-14-26)35(50)44-17-10-15-30(44)36(51)43(3)29(16-18-46)33(48)39-24(2)34(49)45(31)21-23/h4-9,11-14,23-24,27-31,46H,10,15-22H2,1-3H3,(H,39,48)(H,41,47)(H2,40,42,53)/t23-,24-,27-,28-,29-,30-,31-/m0/s1. The fourth-order valence-electron chi connectivity index (χ4n) is 7.25. The highest BCUT2D eigenvalue weighted by Crippen LogP contribution is 2.26. The van der Waals surface area contributed by atoms with Gasteiger partial charge in [0.15, 0.2) is 0 Å². The zero-order valence-corrected chi connectivity index (χ0v) is 30.7. The molecule has 54 heavy (non-hydrogen) atoms. The highest BCUT2D eigenvalue weighted by Gasteiger charge is 2.45. The van der Waals surface area contributed by atoms with Gasteiger partial charge in [-0.05, 0) is 56.2 Å². The van der Waals surface area contributed by atoms with Crippen LogP contribution in [0.25, 0.3) is 0 Å². The first kappa shape index (κ1) is 39.7. The van der Waals surface area contributed by atoms with E-state index in [0.29, 0.717) is 12.1 Å². The average Bonchev–Trinajstić information content (AvgIpc) is 3.81. The number of fused-ring (bicyclic) bond motifs is 2. The monoisotopic (exact) mass is 747 g/mol. The molecule has 7 amide bonds. The van der Waals surface area contributed by atoms with Gasteiger partial charge in [-0.1, -0.05) is 55.5 Å². The number of nitrogens with one attached hydrogen (secondary N) is 4. The van der Waals surface area contributed by atoms with Crippen molar-refractivity contribution in [3.05, 3.63) is 66.2 Å². The Hall–Kier alpha value is -5.51. The maximum Gasteiger partial charge on any atom is 0.328 e. The summed E-state index contributed by atoms with van der Waals surface area (Å²) in [5.74, 6) is -4.11. The van der Waals surface area contributed by atoms with Gasteiger partial charge in [-0.3, -0.25) is 24.0 Å². The second-order valence-corrected chi connectivity index (χ2v) is 14.1. The molecule has 3 aliphatic rings. The Bertz CT molecular complexity index is 1690. The topological polar surface area (TPSA) is 207 Å². The normalized spacial score (nSPS) is 26.0. The molecule has 5 rings (SSSR count). The number of benzene rings is 2. The zero-order chi connectivity index (χ0) is 38.9. The molecule has 0 unspecified atom stereocenters. The SMILES string of the molecule is C[C@H]1C[C@H]2C(=O)OC[C@H](NC(=O)[C@H](Cc3ccccc3)NC(=O)Nc3ccccc3)C(=O)N3CCC[C@H]3C(=O)N(C)[C@@H](CCO)C(=O)N[C@@H](C)C(=O)N2C1. The molecule has 16 heteroatoms. The third-order valence-electron chi connectivity index (χ3n) is 10.1. The van der Waals surface area contributed by atoms with Gasteiger partial charge < -0.3 is 45.8 Å². The lowest BCUT2D eigenvalue weighted by Crippen LogP contribution is -2.61. The Labute approximate surface area is 313 Å². The minimum atomic E-state index is -1.48. The number of carbonyl (C=O) groups excluding carboxylic acids is 7. The Kier molecular flexibility index (Phi) is 13.2. The molecular formula is C38H49N7O9. The lowest BCUT2D eigenvalue weighted by atomic mass is 10.0. The molecular weight excluding hydrogens is 698 g/mol. The second-order valence-electron chi connectivity index (χ2n) is 14.1. The Balaban J connectivity index is 1.46. The number of nitrogens with zero attached hydrogens (tertiary/aromatic N) is 3. The van der Waals surface area contributed by atoms with Gasteiger partial charge in [0.2, 0.25) is 29.5 Å². The van der Waals surface area contributed by atoms with Crippen molar-refractivity contribution >= 4 is 47.2 Å². The lowest BCUT2D eigenvalue weighted by molar-refractivity contribution is -0.158. The Morgan fingerprint density at radius 1 is 0.926 bits per heavy atom. The third-order valence-corrected chi connectivity index (χ3v) is 10.1. The Morgan fingerprint density at radius 2 is 1.61 bits per heavy atom. The van der Waals surface area contributed by atoms with E-state index in [1.807, 2.05) is 13.0 Å². The van der Waals surface area contributed by atoms with E-state index in [9.17, 15) is 38.7 Å². The molecule has 0 saturated carbocycles. The number of likely N-dealkylation sites (N-methyl/N-ethyl adjacent to an activating group) is 1. The maximum absolute atomic E-state index is 14.4. The summed E-state index contributed by atoms with van der Waals surface area (Å²) in [6.07, 6.45) is 0.886. The molecule has 290 valence electrons. The number of rotatable bonds is 8. The number of hydrogen-bond acceptors (Lipinski definition) is 9. The smallest absolute Gasteiger partial charge is 0.328 e. The molecule has 0 radical (unpaired) electrons. The maximum atomic E-state index is 14.4. The first-order valence-electron chi connectivity index (χ1n) is 18.3. The number of urea groups is 1. The summed E-state index contributed by atoms with van der Waals surface area (Å²) in [6.45, 7) is 2.66. The van der Waals surface area contributed by atoms with Crippen LogP contribution >= 0.6 is 0 Å². The molecule has 3 fully saturated rings. The minimum Gasteiger partial charge on any atom is -0.461 e. The van der Waals surface area contributed by atoms with Crippen LogP contribution in [0, 0.1) is 5.92 Å². The molecule has 0 aliphatic carbocycles. The number of hydrogen-bond donors (Lipinski definition) is 5. The first-order chi connectivity index (χ1) is 25.9. The average molecular weight is 748 g/mol. The predicted octanol–water partition coefficient (Wildman–Crippen LogP) is 0.403. The number of ether oxygens (including phenoxy) is 1. The van der Waals surface area contributed by atoms with E-state index in [0.717, 1.165) is 5.56 Å². The number of para-hydroxylation sites is 1. The summed E-state index contributed by atoms with van der Waals surface area (Å²) in [6, 6.07) is 9.97. The van der Waals surface area contributed by atoms with Crippen molar-refractivity contribution in [2.24, 2.45) is 5.92 Å². The van der Waals surface area contributed by atoms with Crippen LogP contribution in [-0.2, 0) is 39.9 Å². The number of esters is 1. The van der Waals surface area contributed by atoms with Crippen LogP contribution in [0.5, 0.6) is 0 Å². The molecule has 3 saturated heterocycles. The first-order valence-corrected chi connectivity index (χ1v) is 18.3. The van der Waals surface area contributed by atoms with Crippen molar-refractivity contribution < 1.29 is 43.4 Å². The number of carbonyl (C=O) groups is 7. The zero-order valence-electron chi connectivity index (χ0n) is 30.7. The molecule has 0 bridgehead atoms. The summed E-state index contributed by atoms with van der Waals surface area (Å²) < 4.78 is 5.69. The van der Waals surface area contributed by atoms with Crippen LogP contribution in [0.1, 0.15) is 45.1 Å². The number of aliphatic hydroxyl groups excluding tert-OH is 1. The van der Waals surface area contributed by atoms with Crippen LogP contribution < -0.4 is 21.3 Å². The van der Waals surface area contributed by atoms with E-state index in [2.05, 4.69) is 21.3 Å². The summed E-state index contributed by atoms with van der Waals surface area (Å²) in [7, 11) is 1.40. The summed E-state index contributed by atoms with van der Waals surface area (Å²) >= 11 is 0. The predicted molar refractivity (Wildman–Crippen MR) is 195 cm³/mol. The van der Waals surface area contributed by atoms with E-state index in [-0.39, 0.29) is 44.7 Å². The molecule has 7 atom stereocenters. The Morgan fingerprint density at radius 3 is 2.30 bits per heavy atom. The van der Waals surface area contributed by atoms with Crippen molar-refractivity contribution in [2.75, 3.05) is 38.7 Å². The highest BCUT2D eigenvalue weighted by molar-refractivity contribution is 5.98. The molecule has 0 spiro atoms. The largest absolute Gasteiger partial charge is 0.461 e. The van der Waals surface area contributed by atoms with Gasteiger partial charge in [-0.15, -0.1) is 0 Å². The number of aliphatic hydroxyl groups is 1. The molecule has 3 heterocycles. The van der Waals surface area contributed by atoms with Gasteiger partial charge in [-0.25, -0.2) is 9.59 Å². The van der Waals surface area contributed by atoms with Gasteiger partial charge in [0.25, 0.3) is 0 Å². The number of cyclic esters (lactones) is 1. The third kappa shape index (κ3) is 9.53. The van der Waals surface area contributed by atoms with Crippen LogP contribution in [0.2, 0.25) is 0 Å². The van der Waals surface area contributed by atoms with Crippen molar-refractivity contribution in [3.63, 3.8) is 0 Å². The van der Waals surface area contributed by atoms with E-state index in [1.54, 1.807) is 54.6 Å². The summed E-state index contributed by atoms with van der Waals surface area (Å²) in [5, 5.41) is 20.5. The van der Waals surface area contributed by atoms with Crippen LogP contribution in [-0.4, -0.2) is 131 Å². The number of amides is 7. The van der Waals surface area contributed by atoms with Crippen LogP contribution in [0.3, 0.4) is 0 Å². The fourth-order valence-corrected chi connectivity index (χ4v) is 7.25. The van der Waals surface area contributed by atoms with E-state index < -0.39 is 91.0 Å². The number of anilines is 1. The fraction of sp³-hybridized carbons (Fsp3) is 0.500. The quantitative estimate of drug-likeness (QED) is 0.237. The van der Waals surface area contributed by atoms with Gasteiger partial charge in [0, 0.05) is 38.9 Å². The van der Waals surface area contributed by atoms with Crippen molar-refractivity contribution in [3.8, 4) is 0 Å². The minimum absolute atomic E-state index is 0.0503. The van der Waals surface area contributed by atoms with Crippen LogP contribution in [0.4, 0.5) is 10.5 Å². The van der Waals surface area contributed by atoms with Gasteiger partial charge in [0.1, 0.15) is 42.9 Å². The van der Waals surface area contributed by atoms with E-state index in [4.69, 9.17) is 4.74 Å². The second kappa shape index (κ2) is 18.0. The van der Waals surface area contributed by atoms with Crippen molar-refractivity contribution in [1.29, 1.82) is 0 Å². The van der Waals surface area contributed by atoms with E-state index in [1.165, 1.54) is 28.7 Å². The molecule has 3 aliphatic heterocycles. The van der Waals surface area contributed by atoms with Crippen LogP contribution in [0.15, 0.2) is 60.7 Å². The lowest BCUT2D eigenvalue weighted by Gasteiger charge is -2.35. The van der Waals surface area contributed by atoms with Crippen molar-refractivity contribution in [2.45, 2.75) is 82.2 Å². The molecule has 5 N–H and O–H groups in total.